The molecule has 128 valence electrons. The van der Waals surface area contributed by atoms with Crippen molar-refractivity contribution in [3.63, 3.8) is 0 Å². The van der Waals surface area contributed by atoms with E-state index < -0.39 is 10.0 Å². The average Bonchev–Trinajstić information content (AvgIpc) is 3.08. The van der Waals surface area contributed by atoms with E-state index in [0.717, 1.165) is 0 Å². The predicted molar refractivity (Wildman–Crippen MR) is 93.9 cm³/mol. The molecular weight excluding hydrogens is 342 g/mol. The van der Waals surface area contributed by atoms with Gasteiger partial charge in [-0.05, 0) is 31.2 Å². The molecule has 0 fully saturated rings. The molecule has 2 aromatic heterocycles. The van der Waals surface area contributed by atoms with Gasteiger partial charge in [-0.25, -0.2) is 18.1 Å². The number of hydrogen-bond acceptors (Lipinski definition) is 7. The fourth-order valence-electron chi connectivity index (χ4n) is 1.98. The molecule has 0 saturated heterocycles. The van der Waals surface area contributed by atoms with Gasteiger partial charge in [0, 0.05) is 11.8 Å². The second kappa shape index (κ2) is 7.14. The summed E-state index contributed by atoms with van der Waals surface area (Å²) in [5.41, 5.74) is 3.29. The summed E-state index contributed by atoms with van der Waals surface area (Å²) >= 11 is 0. The van der Waals surface area contributed by atoms with E-state index in [2.05, 4.69) is 25.2 Å². The minimum atomic E-state index is -3.76. The molecule has 3 rings (SSSR count). The topological polar surface area (TPSA) is 109 Å². The smallest absolute Gasteiger partial charge is 0.264 e. The molecule has 9 heteroatoms. The highest BCUT2D eigenvalue weighted by molar-refractivity contribution is 7.92. The lowest BCUT2D eigenvalue weighted by Gasteiger charge is -2.08. The zero-order valence-corrected chi connectivity index (χ0v) is 14.1. The van der Waals surface area contributed by atoms with Crippen LogP contribution in [0.5, 0.6) is 0 Å². The Morgan fingerprint density at radius 2 is 1.92 bits per heavy atom. The van der Waals surface area contributed by atoms with Crippen LogP contribution in [0.3, 0.4) is 0 Å². The molecular formula is C16H15N5O3S. The summed E-state index contributed by atoms with van der Waals surface area (Å²) in [5, 5.41) is 3.98. The maximum absolute atomic E-state index is 12.3. The van der Waals surface area contributed by atoms with Crippen LogP contribution in [0, 0.1) is 6.92 Å². The number of aromatic nitrogens is 2. The van der Waals surface area contributed by atoms with Crippen LogP contribution in [0.25, 0.3) is 0 Å². The van der Waals surface area contributed by atoms with Crippen molar-refractivity contribution >= 4 is 28.0 Å². The van der Waals surface area contributed by atoms with Crippen molar-refractivity contribution in [2.45, 2.75) is 11.8 Å². The summed E-state index contributed by atoms with van der Waals surface area (Å²) < 4.78 is 32.2. The Hall–Kier alpha value is -3.20. The predicted octanol–water partition coefficient (Wildman–Crippen LogP) is 2.62. The molecule has 0 bridgehead atoms. The molecule has 0 aliphatic heterocycles. The van der Waals surface area contributed by atoms with Crippen molar-refractivity contribution in [1.82, 2.24) is 9.97 Å². The van der Waals surface area contributed by atoms with Gasteiger partial charge in [-0.15, -0.1) is 0 Å². The third-order valence-corrected chi connectivity index (χ3v) is 4.39. The van der Waals surface area contributed by atoms with Crippen LogP contribution in [0.2, 0.25) is 0 Å². The Morgan fingerprint density at radius 3 is 2.64 bits per heavy atom. The summed E-state index contributed by atoms with van der Waals surface area (Å²) in [5.74, 6) is 0.879. The third-order valence-electron chi connectivity index (χ3n) is 3.05. The Balaban J connectivity index is 1.77. The number of anilines is 2. The van der Waals surface area contributed by atoms with Crippen molar-refractivity contribution in [3.8, 4) is 0 Å². The van der Waals surface area contributed by atoms with Crippen molar-refractivity contribution in [3.05, 3.63) is 66.2 Å². The van der Waals surface area contributed by atoms with Gasteiger partial charge in [0.05, 0.1) is 17.4 Å². The van der Waals surface area contributed by atoms with Crippen LogP contribution in [-0.2, 0) is 10.0 Å². The quantitative estimate of drug-likeness (QED) is 0.518. The largest absolute Gasteiger partial charge is 0.463 e. The van der Waals surface area contributed by atoms with E-state index in [9.17, 15) is 8.42 Å². The van der Waals surface area contributed by atoms with Gasteiger partial charge in [0.25, 0.3) is 10.0 Å². The zero-order valence-electron chi connectivity index (χ0n) is 13.2. The molecule has 2 N–H and O–H groups in total. The first-order valence-electron chi connectivity index (χ1n) is 7.29. The number of benzene rings is 1. The van der Waals surface area contributed by atoms with Crippen molar-refractivity contribution < 1.29 is 12.8 Å². The fourth-order valence-corrected chi connectivity index (χ4v) is 2.94. The molecule has 25 heavy (non-hydrogen) atoms. The number of hydrazone groups is 1. The Labute approximate surface area is 144 Å². The molecule has 0 spiro atoms. The highest BCUT2D eigenvalue weighted by Crippen LogP contribution is 2.15. The number of furan rings is 1. The lowest BCUT2D eigenvalue weighted by atomic mass is 10.4. The van der Waals surface area contributed by atoms with Gasteiger partial charge in [0.1, 0.15) is 5.76 Å². The molecule has 0 atom stereocenters. The summed E-state index contributed by atoms with van der Waals surface area (Å²) in [6, 6.07) is 13.1. The lowest BCUT2D eigenvalue weighted by molar-refractivity contribution is 0.560. The molecule has 0 aliphatic carbocycles. The highest BCUT2D eigenvalue weighted by atomic mass is 32.2. The van der Waals surface area contributed by atoms with E-state index in [1.165, 1.54) is 24.6 Å². The van der Waals surface area contributed by atoms with Crippen molar-refractivity contribution in [1.29, 1.82) is 0 Å². The van der Waals surface area contributed by atoms with Crippen LogP contribution in [0.15, 0.2) is 69.2 Å². The fraction of sp³-hybridized carbons (Fsp3) is 0.0625. The van der Waals surface area contributed by atoms with Crippen LogP contribution in [0.4, 0.5) is 11.8 Å². The molecule has 0 saturated carbocycles. The van der Waals surface area contributed by atoms with Gasteiger partial charge in [-0.1, -0.05) is 18.2 Å². The van der Waals surface area contributed by atoms with Crippen LogP contribution >= 0.6 is 0 Å². The van der Waals surface area contributed by atoms with Crippen LogP contribution in [0.1, 0.15) is 11.5 Å². The van der Waals surface area contributed by atoms with Crippen LogP contribution < -0.4 is 10.1 Å². The number of nitrogens with one attached hydrogen (secondary N) is 2. The molecule has 0 radical (unpaired) electrons. The summed E-state index contributed by atoms with van der Waals surface area (Å²) in [6.07, 6.45) is 3.01. The second-order valence-corrected chi connectivity index (χ2v) is 6.70. The molecule has 1 aromatic carbocycles. The standard InChI is InChI=1S/C16H15N5O3S/c1-12-10-15(20-17-11-13-6-5-9-24-13)19-16(18-12)21-25(22,23)14-7-3-2-4-8-14/h2-11H,1H3,(H2,18,19,20,21). The first kappa shape index (κ1) is 16.7. The number of aryl methyl sites for hydroxylation is 1. The highest BCUT2D eigenvalue weighted by Gasteiger charge is 2.15. The number of nitrogens with zero attached hydrogens (tertiary/aromatic N) is 3. The second-order valence-electron chi connectivity index (χ2n) is 5.02. The Kier molecular flexibility index (Phi) is 4.75. The first-order valence-corrected chi connectivity index (χ1v) is 8.77. The van der Waals surface area contributed by atoms with E-state index in [1.807, 2.05) is 0 Å². The molecule has 0 aliphatic rings. The van der Waals surface area contributed by atoms with Crippen molar-refractivity contribution in [2.75, 3.05) is 10.1 Å². The van der Waals surface area contributed by atoms with Gasteiger partial charge in [0.2, 0.25) is 5.95 Å². The zero-order chi connectivity index (χ0) is 17.7. The molecule has 2 heterocycles. The number of rotatable bonds is 6. The Bertz CT molecular complexity index is 970. The molecule has 0 unspecified atom stereocenters. The van der Waals surface area contributed by atoms with Crippen LogP contribution in [-0.4, -0.2) is 24.6 Å². The van der Waals surface area contributed by atoms with Gasteiger partial charge in [-0.3, -0.25) is 5.43 Å². The van der Waals surface area contributed by atoms with E-state index in [0.29, 0.717) is 17.3 Å². The molecule has 3 aromatic rings. The minimum Gasteiger partial charge on any atom is -0.463 e. The maximum atomic E-state index is 12.3. The van der Waals surface area contributed by atoms with E-state index in [4.69, 9.17) is 4.42 Å². The molecule has 8 nitrogen and oxygen atoms in total. The van der Waals surface area contributed by atoms with Gasteiger partial charge < -0.3 is 4.42 Å². The summed E-state index contributed by atoms with van der Waals surface area (Å²) in [6.45, 7) is 1.73. The van der Waals surface area contributed by atoms with Gasteiger partial charge in [0.15, 0.2) is 5.82 Å². The minimum absolute atomic E-state index is 0.0421. The Morgan fingerprint density at radius 1 is 1.12 bits per heavy atom. The lowest BCUT2D eigenvalue weighted by Crippen LogP contribution is -2.15. The summed E-state index contributed by atoms with van der Waals surface area (Å²) in [4.78, 5) is 8.33. The number of hydrogen-bond donors (Lipinski definition) is 2. The van der Waals surface area contributed by atoms with Gasteiger partial charge >= 0.3 is 0 Å². The molecule has 0 amide bonds. The average molecular weight is 357 g/mol. The van der Waals surface area contributed by atoms with Crippen molar-refractivity contribution in [2.24, 2.45) is 5.10 Å². The normalized spacial score (nSPS) is 11.6. The third kappa shape index (κ3) is 4.42. The maximum Gasteiger partial charge on any atom is 0.264 e. The number of sulfonamides is 1. The monoisotopic (exact) mass is 357 g/mol. The van der Waals surface area contributed by atoms with E-state index >= 15 is 0 Å². The van der Waals surface area contributed by atoms with Gasteiger partial charge in [-0.2, -0.15) is 10.1 Å². The van der Waals surface area contributed by atoms with E-state index in [-0.39, 0.29) is 10.8 Å². The SMILES string of the molecule is Cc1cc(NN=Cc2ccco2)nc(NS(=O)(=O)c2ccccc2)n1. The van der Waals surface area contributed by atoms with E-state index in [1.54, 1.807) is 43.3 Å². The first-order chi connectivity index (χ1) is 12.0. The summed E-state index contributed by atoms with van der Waals surface area (Å²) in [7, 11) is -3.76.